The van der Waals surface area contributed by atoms with E-state index in [1.54, 1.807) is 7.11 Å². The van der Waals surface area contributed by atoms with Crippen LogP contribution in [0.5, 0.6) is 0 Å². The first-order valence-corrected chi connectivity index (χ1v) is 7.90. The third-order valence-electron chi connectivity index (χ3n) is 4.86. The third kappa shape index (κ3) is 3.42. The summed E-state index contributed by atoms with van der Waals surface area (Å²) in [7, 11) is 1.75. The minimum atomic E-state index is -0.414. The summed E-state index contributed by atoms with van der Waals surface area (Å²) < 4.78 is 5.78. The molecule has 2 rings (SSSR count). The molecule has 1 aliphatic carbocycles. The average molecular weight is 276 g/mol. The second-order valence-electron chi connectivity index (χ2n) is 6.36. The lowest BCUT2D eigenvalue weighted by atomic mass is 9.74. The van der Waals surface area contributed by atoms with Gasteiger partial charge in [0.1, 0.15) is 0 Å². The smallest absolute Gasteiger partial charge is 0.0942 e. The second kappa shape index (κ2) is 6.73. The molecule has 112 valence electrons. The molecule has 1 fully saturated rings. The van der Waals surface area contributed by atoms with Crippen LogP contribution in [0.1, 0.15) is 50.7 Å². The van der Waals surface area contributed by atoms with Crippen LogP contribution in [0.2, 0.25) is 0 Å². The summed E-state index contributed by atoms with van der Waals surface area (Å²) in [5.41, 5.74) is 2.20. The number of aliphatic hydroxyl groups excluding tert-OH is 1. The van der Waals surface area contributed by atoms with Crippen molar-refractivity contribution in [3.05, 3.63) is 35.4 Å². The molecule has 1 aliphatic rings. The van der Waals surface area contributed by atoms with Gasteiger partial charge in [-0.05, 0) is 36.3 Å². The van der Waals surface area contributed by atoms with Crippen molar-refractivity contribution in [3.63, 3.8) is 0 Å². The van der Waals surface area contributed by atoms with E-state index < -0.39 is 6.10 Å². The highest BCUT2D eigenvalue weighted by Gasteiger charge is 2.41. The Bertz CT molecular complexity index is 412. The molecule has 1 aromatic carbocycles. The van der Waals surface area contributed by atoms with Crippen LogP contribution in [-0.4, -0.2) is 23.9 Å². The Hall–Kier alpha value is -0.860. The van der Waals surface area contributed by atoms with Crippen LogP contribution in [0.4, 0.5) is 0 Å². The normalized spacial score (nSPS) is 28.3. The summed E-state index contributed by atoms with van der Waals surface area (Å²) in [4.78, 5) is 0. The zero-order valence-electron chi connectivity index (χ0n) is 13.1. The van der Waals surface area contributed by atoms with Crippen LogP contribution >= 0.6 is 0 Å². The standard InChI is InChI=1S/C18H28O2/c1-4-15-7-9-16(10-8-15)12-17(19)18(20-3)11-5-6-14(2)13-18/h7-10,14,17,19H,4-6,11-13H2,1-3H3. The highest BCUT2D eigenvalue weighted by molar-refractivity contribution is 5.23. The van der Waals surface area contributed by atoms with Gasteiger partial charge in [0.05, 0.1) is 11.7 Å². The molecule has 0 saturated heterocycles. The maximum Gasteiger partial charge on any atom is 0.0942 e. The molecular weight excluding hydrogens is 248 g/mol. The Balaban J connectivity index is 2.06. The molecule has 1 aromatic rings. The van der Waals surface area contributed by atoms with Crippen molar-refractivity contribution < 1.29 is 9.84 Å². The molecule has 0 aliphatic heterocycles. The van der Waals surface area contributed by atoms with Gasteiger partial charge in [0, 0.05) is 13.5 Å². The van der Waals surface area contributed by atoms with Gasteiger partial charge >= 0.3 is 0 Å². The van der Waals surface area contributed by atoms with Crippen LogP contribution in [0.3, 0.4) is 0 Å². The molecule has 0 amide bonds. The van der Waals surface area contributed by atoms with Gasteiger partial charge in [0.2, 0.25) is 0 Å². The molecule has 0 bridgehead atoms. The molecule has 3 atom stereocenters. The first kappa shape index (κ1) is 15.5. The Labute approximate surface area is 123 Å². The molecule has 0 radical (unpaired) electrons. The maximum absolute atomic E-state index is 10.7. The average Bonchev–Trinajstić information content (AvgIpc) is 2.47. The predicted molar refractivity (Wildman–Crippen MR) is 82.9 cm³/mol. The Morgan fingerprint density at radius 3 is 2.50 bits per heavy atom. The van der Waals surface area contributed by atoms with Gasteiger partial charge in [-0.15, -0.1) is 0 Å². The summed E-state index contributed by atoms with van der Waals surface area (Å²) >= 11 is 0. The largest absolute Gasteiger partial charge is 0.390 e. The fourth-order valence-corrected chi connectivity index (χ4v) is 3.49. The molecule has 0 aromatic heterocycles. The van der Waals surface area contributed by atoms with Gasteiger partial charge in [0.15, 0.2) is 0 Å². The van der Waals surface area contributed by atoms with Gasteiger partial charge in [-0.1, -0.05) is 51.0 Å². The van der Waals surface area contributed by atoms with E-state index in [1.807, 2.05) is 0 Å². The van der Waals surface area contributed by atoms with E-state index in [9.17, 15) is 5.11 Å². The van der Waals surface area contributed by atoms with Crippen LogP contribution in [0.15, 0.2) is 24.3 Å². The Morgan fingerprint density at radius 1 is 1.30 bits per heavy atom. The van der Waals surface area contributed by atoms with E-state index in [0.29, 0.717) is 12.3 Å². The van der Waals surface area contributed by atoms with Gasteiger partial charge in [-0.2, -0.15) is 0 Å². The van der Waals surface area contributed by atoms with E-state index >= 15 is 0 Å². The van der Waals surface area contributed by atoms with Crippen LogP contribution in [-0.2, 0) is 17.6 Å². The maximum atomic E-state index is 10.7. The molecule has 0 spiro atoms. The van der Waals surface area contributed by atoms with E-state index in [2.05, 4.69) is 38.1 Å². The minimum absolute atomic E-state index is 0.346. The van der Waals surface area contributed by atoms with Crippen molar-refractivity contribution >= 4 is 0 Å². The first-order valence-electron chi connectivity index (χ1n) is 7.90. The highest BCUT2D eigenvalue weighted by Crippen LogP contribution is 2.38. The summed E-state index contributed by atoms with van der Waals surface area (Å²) in [6.45, 7) is 4.42. The highest BCUT2D eigenvalue weighted by atomic mass is 16.5. The Morgan fingerprint density at radius 2 is 1.95 bits per heavy atom. The van der Waals surface area contributed by atoms with Crippen molar-refractivity contribution in [3.8, 4) is 0 Å². The lowest BCUT2D eigenvalue weighted by Crippen LogP contribution is -2.48. The predicted octanol–water partition coefficient (Wildman–Crippen LogP) is 3.75. The number of aryl methyl sites for hydroxylation is 1. The molecule has 20 heavy (non-hydrogen) atoms. The minimum Gasteiger partial charge on any atom is -0.390 e. The van der Waals surface area contributed by atoms with E-state index in [1.165, 1.54) is 17.5 Å². The number of aliphatic hydroxyl groups is 1. The van der Waals surface area contributed by atoms with Gasteiger partial charge in [-0.25, -0.2) is 0 Å². The number of benzene rings is 1. The molecule has 2 heteroatoms. The molecule has 1 saturated carbocycles. The van der Waals surface area contributed by atoms with Crippen LogP contribution < -0.4 is 0 Å². The fraction of sp³-hybridized carbons (Fsp3) is 0.667. The SMILES string of the molecule is CCc1ccc(CC(O)C2(OC)CCCC(C)C2)cc1. The van der Waals surface area contributed by atoms with Crippen LogP contribution in [0, 0.1) is 5.92 Å². The topological polar surface area (TPSA) is 29.5 Å². The molecule has 1 N–H and O–H groups in total. The summed E-state index contributed by atoms with van der Waals surface area (Å²) in [6, 6.07) is 8.59. The van der Waals surface area contributed by atoms with Gasteiger partial charge in [0.25, 0.3) is 0 Å². The lowest BCUT2D eigenvalue weighted by molar-refractivity contribution is -0.131. The van der Waals surface area contributed by atoms with Crippen molar-refractivity contribution in [2.45, 2.75) is 64.1 Å². The zero-order valence-corrected chi connectivity index (χ0v) is 13.1. The number of hydrogen-bond donors (Lipinski definition) is 1. The van der Waals surface area contributed by atoms with Crippen molar-refractivity contribution in [2.75, 3.05) is 7.11 Å². The first-order chi connectivity index (χ1) is 9.59. The zero-order chi connectivity index (χ0) is 14.6. The van der Waals surface area contributed by atoms with E-state index in [-0.39, 0.29) is 5.60 Å². The van der Waals surface area contributed by atoms with Crippen molar-refractivity contribution in [2.24, 2.45) is 5.92 Å². The quantitative estimate of drug-likeness (QED) is 0.887. The van der Waals surface area contributed by atoms with E-state index in [0.717, 1.165) is 25.7 Å². The molecule has 2 nitrogen and oxygen atoms in total. The number of ether oxygens (including phenoxy) is 1. The van der Waals surface area contributed by atoms with Gasteiger partial charge in [-0.3, -0.25) is 0 Å². The number of rotatable bonds is 5. The van der Waals surface area contributed by atoms with Crippen LogP contribution in [0.25, 0.3) is 0 Å². The summed E-state index contributed by atoms with van der Waals surface area (Å²) in [5, 5.41) is 10.7. The number of hydrogen-bond acceptors (Lipinski definition) is 2. The molecule has 0 heterocycles. The lowest BCUT2D eigenvalue weighted by Gasteiger charge is -2.42. The Kier molecular flexibility index (Phi) is 5.22. The van der Waals surface area contributed by atoms with Crippen molar-refractivity contribution in [1.82, 2.24) is 0 Å². The summed E-state index contributed by atoms with van der Waals surface area (Å²) in [5.74, 6) is 0.640. The van der Waals surface area contributed by atoms with Crippen molar-refractivity contribution in [1.29, 1.82) is 0 Å². The summed E-state index contributed by atoms with van der Waals surface area (Å²) in [6.07, 6.45) is 5.68. The fourth-order valence-electron chi connectivity index (χ4n) is 3.49. The third-order valence-corrected chi connectivity index (χ3v) is 4.86. The van der Waals surface area contributed by atoms with E-state index in [4.69, 9.17) is 4.74 Å². The molecular formula is C18H28O2. The van der Waals surface area contributed by atoms with Gasteiger partial charge < -0.3 is 9.84 Å². The monoisotopic (exact) mass is 276 g/mol. The molecule has 3 unspecified atom stereocenters. The number of methoxy groups -OCH3 is 1. The second-order valence-corrected chi connectivity index (χ2v) is 6.36.